The number of aryl methyl sites for hydroxylation is 2. The fourth-order valence-electron chi connectivity index (χ4n) is 2.20. The molecule has 6 nitrogen and oxygen atoms in total. The van der Waals surface area contributed by atoms with Gasteiger partial charge in [0.2, 0.25) is 0 Å². The molecule has 0 radical (unpaired) electrons. The molecule has 2 rings (SSSR count). The summed E-state index contributed by atoms with van der Waals surface area (Å²) in [6.45, 7) is 4.77. The van der Waals surface area contributed by atoms with Crippen LogP contribution in [0.4, 0.5) is 0 Å². The summed E-state index contributed by atoms with van der Waals surface area (Å²) in [7, 11) is 1.84. The van der Waals surface area contributed by atoms with Gasteiger partial charge in [0.25, 0.3) is 0 Å². The Hall–Kier alpha value is -1.69. The maximum Gasteiger partial charge on any atom is 0.104 e. The third-order valence-corrected chi connectivity index (χ3v) is 3.04. The number of rotatable bonds is 5. The van der Waals surface area contributed by atoms with Gasteiger partial charge >= 0.3 is 0 Å². The van der Waals surface area contributed by atoms with Gasteiger partial charge < -0.3 is 5.11 Å². The van der Waals surface area contributed by atoms with E-state index in [0.717, 1.165) is 35.5 Å². The van der Waals surface area contributed by atoms with Gasteiger partial charge in [0.1, 0.15) is 5.69 Å². The monoisotopic (exact) mass is 249 g/mol. The van der Waals surface area contributed by atoms with Gasteiger partial charge in [-0.1, -0.05) is 19.1 Å². The zero-order chi connectivity index (χ0) is 13.1. The van der Waals surface area contributed by atoms with E-state index in [1.807, 2.05) is 24.9 Å². The minimum atomic E-state index is 0.0484. The van der Waals surface area contributed by atoms with Crippen LogP contribution < -0.4 is 0 Å². The van der Waals surface area contributed by atoms with Crippen LogP contribution in [-0.4, -0.2) is 29.9 Å². The summed E-state index contributed by atoms with van der Waals surface area (Å²) in [5.74, 6) is 0. The lowest BCUT2D eigenvalue weighted by Gasteiger charge is -2.04. The van der Waals surface area contributed by atoms with Crippen LogP contribution in [0.2, 0.25) is 0 Å². The summed E-state index contributed by atoms with van der Waals surface area (Å²) in [4.78, 5) is 0. The van der Waals surface area contributed by atoms with Crippen LogP contribution in [0.5, 0.6) is 0 Å². The molecule has 0 aliphatic heterocycles. The normalized spacial score (nSPS) is 11.1. The molecule has 0 amide bonds. The lowest BCUT2D eigenvalue weighted by atomic mass is 10.1. The van der Waals surface area contributed by atoms with Crippen molar-refractivity contribution in [2.45, 2.75) is 39.8 Å². The van der Waals surface area contributed by atoms with Crippen molar-refractivity contribution in [1.82, 2.24) is 24.8 Å². The van der Waals surface area contributed by atoms with Crippen molar-refractivity contribution in [3.8, 4) is 0 Å². The fraction of sp³-hybridized carbons (Fsp3) is 0.583. The lowest BCUT2D eigenvalue weighted by Crippen LogP contribution is -2.07. The van der Waals surface area contributed by atoms with E-state index in [2.05, 4.69) is 22.3 Å². The Balaban J connectivity index is 2.35. The molecule has 18 heavy (non-hydrogen) atoms. The Bertz CT molecular complexity index is 529. The second kappa shape index (κ2) is 5.30. The first-order chi connectivity index (χ1) is 8.69. The molecule has 0 fully saturated rings. The number of aromatic nitrogens is 5. The summed E-state index contributed by atoms with van der Waals surface area (Å²) in [5, 5.41) is 22.0. The lowest BCUT2D eigenvalue weighted by molar-refractivity contribution is 0.279. The predicted octanol–water partition coefficient (Wildman–Crippen LogP) is 0.677. The van der Waals surface area contributed by atoms with Crippen molar-refractivity contribution in [3.05, 3.63) is 28.8 Å². The molecule has 98 valence electrons. The molecule has 1 N–H and O–H groups in total. The second-order valence-corrected chi connectivity index (χ2v) is 4.28. The maximum absolute atomic E-state index is 9.46. The van der Waals surface area contributed by atoms with Gasteiger partial charge in [-0.05, 0) is 12.8 Å². The molecule has 0 saturated heterocycles. The van der Waals surface area contributed by atoms with Gasteiger partial charge in [-0.3, -0.25) is 9.36 Å². The Morgan fingerprint density at radius 3 is 2.56 bits per heavy atom. The number of aliphatic hydroxyl groups is 1. The van der Waals surface area contributed by atoms with Gasteiger partial charge in [-0.15, -0.1) is 5.10 Å². The molecule has 0 saturated carbocycles. The molecule has 6 heteroatoms. The summed E-state index contributed by atoms with van der Waals surface area (Å²) >= 11 is 0. The molecule has 0 spiro atoms. The average Bonchev–Trinajstić information content (AvgIpc) is 2.92. The van der Waals surface area contributed by atoms with E-state index >= 15 is 0 Å². The second-order valence-electron chi connectivity index (χ2n) is 4.28. The minimum absolute atomic E-state index is 0.0484. The third kappa shape index (κ3) is 2.28. The SMILES string of the molecule is CCc1nn(Cc2cn(C)nn2)c(CC)c1CO. The first-order valence-corrected chi connectivity index (χ1v) is 6.23. The first kappa shape index (κ1) is 12.8. The van der Waals surface area contributed by atoms with Crippen LogP contribution in [0.15, 0.2) is 6.20 Å². The Kier molecular flexibility index (Phi) is 3.76. The molecule has 2 aromatic heterocycles. The number of nitrogens with zero attached hydrogens (tertiary/aromatic N) is 5. The Morgan fingerprint density at radius 2 is 2.06 bits per heavy atom. The standard InChI is InChI=1S/C12H19N5O/c1-4-11-10(8-18)12(5-2)17(14-11)7-9-6-16(3)15-13-9/h6,18H,4-5,7-8H2,1-3H3. The van der Waals surface area contributed by atoms with Gasteiger partial charge in [-0.25, -0.2) is 0 Å². The van der Waals surface area contributed by atoms with E-state index < -0.39 is 0 Å². The van der Waals surface area contributed by atoms with Gasteiger partial charge in [0.15, 0.2) is 0 Å². The van der Waals surface area contributed by atoms with Crippen molar-refractivity contribution in [1.29, 1.82) is 0 Å². The van der Waals surface area contributed by atoms with Crippen molar-refractivity contribution < 1.29 is 5.11 Å². The quantitative estimate of drug-likeness (QED) is 0.846. The maximum atomic E-state index is 9.46. The summed E-state index contributed by atoms with van der Waals surface area (Å²) in [6, 6.07) is 0. The first-order valence-electron chi connectivity index (χ1n) is 6.23. The van der Waals surface area contributed by atoms with E-state index in [9.17, 15) is 5.11 Å². The fourth-order valence-corrected chi connectivity index (χ4v) is 2.20. The van der Waals surface area contributed by atoms with Gasteiger partial charge in [0.05, 0.1) is 18.8 Å². The van der Waals surface area contributed by atoms with Crippen LogP contribution in [0.25, 0.3) is 0 Å². The van der Waals surface area contributed by atoms with Crippen molar-refractivity contribution in [2.75, 3.05) is 0 Å². The van der Waals surface area contributed by atoms with Gasteiger partial charge in [0, 0.05) is 24.5 Å². The molecule has 0 aromatic carbocycles. The third-order valence-electron chi connectivity index (χ3n) is 3.04. The minimum Gasteiger partial charge on any atom is -0.392 e. The molecule has 0 bridgehead atoms. The average molecular weight is 249 g/mol. The number of aliphatic hydroxyl groups excluding tert-OH is 1. The van der Waals surface area contributed by atoms with Crippen molar-refractivity contribution in [2.24, 2.45) is 7.05 Å². The van der Waals surface area contributed by atoms with E-state index in [-0.39, 0.29) is 6.61 Å². The highest BCUT2D eigenvalue weighted by molar-refractivity contribution is 5.26. The zero-order valence-electron chi connectivity index (χ0n) is 11.1. The van der Waals surface area contributed by atoms with Gasteiger partial charge in [-0.2, -0.15) is 5.10 Å². The van der Waals surface area contributed by atoms with E-state index in [0.29, 0.717) is 6.54 Å². The van der Waals surface area contributed by atoms with Crippen LogP contribution in [0, 0.1) is 0 Å². The predicted molar refractivity (Wildman–Crippen MR) is 67.0 cm³/mol. The molecule has 0 unspecified atom stereocenters. The molecule has 0 atom stereocenters. The summed E-state index contributed by atoms with van der Waals surface area (Å²) in [5.41, 5.74) is 3.89. The van der Waals surface area contributed by atoms with Crippen LogP contribution in [-0.2, 0) is 33.0 Å². The largest absolute Gasteiger partial charge is 0.392 e. The number of hydrogen-bond acceptors (Lipinski definition) is 4. The molecular weight excluding hydrogens is 230 g/mol. The Labute approximate surface area is 106 Å². The highest BCUT2D eigenvalue weighted by atomic mass is 16.3. The zero-order valence-corrected chi connectivity index (χ0v) is 11.1. The topological polar surface area (TPSA) is 68.8 Å². The molecule has 2 aromatic rings. The molecule has 2 heterocycles. The molecule has 0 aliphatic carbocycles. The smallest absolute Gasteiger partial charge is 0.104 e. The van der Waals surface area contributed by atoms with E-state index in [1.54, 1.807) is 4.68 Å². The Morgan fingerprint density at radius 1 is 1.28 bits per heavy atom. The molecular formula is C12H19N5O. The summed E-state index contributed by atoms with van der Waals surface area (Å²) in [6.07, 6.45) is 3.56. The highest BCUT2D eigenvalue weighted by Gasteiger charge is 2.15. The van der Waals surface area contributed by atoms with Crippen LogP contribution in [0.3, 0.4) is 0 Å². The van der Waals surface area contributed by atoms with Crippen LogP contribution >= 0.6 is 0 Å². The van der Waals surface area contributed by atoms with Crippen molar-refractivity contribution >= 4 is 0 Å². The van der Waals surface area contributed by atoms with Crippen molar-refractivity contribution in [3.63, 3.8) is 0 Å². The highest BCUT2D eigenvalue weighted by Crippen LogP contribution is 2.17. The van der Waals surface area contributed by atoms with Crippen LogP contribution in [0.1, 0.15) is 36.5 Å². The number of hydrogen-bond donors (Lipinski definition) is 1. The van der Waals surface area contributed by atoms with E-state index in [4.69, 9.17) is 0 Å². The molecule has 0 aliphatic rings. The summed E-state index contributed by atoms with van der Waals surface area (Å²) < 4.78 is 3.60. The van der Waals surface area contributed by atoms with E-state index in [1.165, 1.54) is 0 Å².